The first-order valence-electron chi connectivity index (χ1n) is 7.43. The maximum absolute atomic E-state index is 9.08. The lowest BCUT2D eigenvalue weighted by atomic mass is 9.88. The van der Waals surface area contributed by atoms with Gasteiger partial charge in [0.05, 0.1) is 12.5 Å². The predicted octanol–water partition coefficient (Wildman–Crippen LogP) is 4.15. The number of hydrogen-bond acceptors (Lipinski definition) is 2. The molecule has 1 saturated carbocycles. The second-order valence-electron chi connectivity index (χ2n) is 5.73. The molecule has 0 aromatic heterocycles. The van der Waals surface area contributed by atoms with Crippen LogP contribution in [0.2, 0.25) is 0 Å². The summed E-state index contributed by atoms with van der Waals surface area (Å²) in [5, 5.41) is 9.08. The lowest BCUT2D eigenvalue weighted by molar-refractivity contribution is 0.184. The van der Waals surface area contributed by atoms with Gasteiger partial charge in [0, 0.05) is 12.6 Å². The van der Waals surface area contributed by atoms with Gasteiger partial charge in [-0.05, 0) is 31.4 Å². The van der Waals surface area contributed by atoms with E-state index in [9.17, 15) is 0 Å². The van der Waals surface area contributed by atoms with Crippen LogP contribution in [-0.4, -0.2) is 18.5 Å². The molecule has 0 radical (unpaired) electrons. The summed E-state index contributed by atoms with van der Waals surface area (Å²) in [4.78, 5) is 2.38. The number of rotatable bonds is 5. The first-order chi connectivity index (χ1) is 9.31. The highest BCUT2D eigenvalue weighted by molar-refractivity contribution is 5.20. The van der Waals surface area contributed by atoms with E-state index in [1.165, 1.54) is 37.7 Å². The summed E-state index contributed by atoms with van der Waals surface area (Å²) < 4.78 is 0. The highest BCUT2D eigenvalue weighted by atomic mass is 15.1. The van der Waals surface area contributed by atoms with E-state index in [2.05, 4.69) is 42.3 Å². The number of nitriles is 1. The Hall–Kier alpha value is -1.33. The van der Waals surface area contributed by atoms with Crippen LogP contribution >= 0.6 is 0 Å². The fraction of sp³-hybridized carbons (Fsp3) is 0.588. The summed E-state index contributed by atoms with van der Waals surface area (Å²) in [5.41, 5.74) is 1.27. The van der Waals surface area contributed by atoms with Crippen molar-refractivity contribution in [3.63, 3.8) is 0 Å². The standard InChI is InChI=1S/C17H24N2/c1-19(14-15-8-4-2-5-9-15)17(12-13-18)16-10-6-3-7-11-16/h3,6-7,10-11,15,17H,2,4-5,8-9,12,14H2,1H3. The molecule has 0 aliphatic heterocycles. The number of hydrogen-bond donors (Lipinski definition) is 0. The van der Waals surface area contributed by atoms with Crippen molar-refractivity contribution in [3.05, 3.63) is 35.9 Å². The zero-order chi connectivity index (χ0) is 13.5. The highest BCUT2D eigenvalue weighted by Gasteiger charge is 2.21. The SMILES string of the molecule is CN(CC1CCCCC1)C(CC#N)c1ccccc1. The van der Waals surface area contributed by atoms with E-state index < -0.39 is 0 Å². The van der Waals surface area contributed by atoms with Gasteiger partial charge in [-0.1, -0.05) is 49.6 Å². The van der Waals surface area contributed by atoms with Crippen LogP contribution in [0.1, 0.15) is 50.1 Å². The van der Waals surface area contributed by atoms with E-state index in [0.717, 1.165) is 12.5 Å². The smallest absolute Gasteiger partial charge is 0.0641 e. The second-order valence-corrected chi connectivity index (χ2v) is 5.73. The van der Waals surface area contributed by atoms with Crippen molar-refractivity contribution in [1.82, 2.24) is 4.90 Å². The van der Waals surface area contributed by atoms with Crippen LogP contribution in [0.3, 0.4) is 0 Å². The van der Waals surface area contributed by atoms with Gasteiger partial charge in [0.2, 0.25) is 0 Å². The molecule has 2 nitrogen and oxygen atoms in total. The van der Waals surface area contributed by atoms with E-state index >= 15 is 0 Å². The van der Waals surface area contributed by atoms with Gasteiger partial charge in [-0.25, -0.2) is 0 Å². The Morgan fingerprint density at radius 2 is 1.89 bits per heavy atom. The lowest BCUT2D eigenvalue weighted by Crippen LogP contribution is -2.30. The third-order valence-electron chi connectivity index (χ3n) is 4.27. The molecule has 0 amide bonds. The molecule has 2 rings (SSSR count). The minimum Gasteiger partial charge on any atom is -0.298 e. The van der Waals surface area contributed by atoms with Crippen LogP contribution in [0.15, 0.2) is 30.3 Å². The Kier molecular flexibility index (Phi) is 5.42. The van der Waals surface area contributed by atoms with Crippen molar-refractivity contribution in [3.8, 4) is 6.07 Å². The third-order valence-corrected chi connectivity index (χ3v) is 4.27. The van der Waals surface area contributed by atoms with Crippen LogP contribution in [0, 0.1) is 17.2 Å². The average Bonchev–Trinajstić information content (AvgIpc) is 2.46. The molecule has 0 spiro atoms. The molecule has 0 bridgehead atoms. The van der Waals surface area contributed by atoms with Crippen molar-refractivity contribution in [2.24, 2.45) is 5.92 Å². The quantitative estimate of drug-likeness (QED) is 0.791. The van der Waals surface area contributed by atoms with Gasteiger partial charge in [-0.15, -0.1) is 0 Å². The summed E-state index contributed by atoms with van der Waals surface area (Å²) in [6, 6.07) is 13.0. The molecule has 102 valence electrons. The fourth-order valence-corrected chi connectivity index (χ4v) is 3.19. The molecule has 1 aliphatic carbocycles. The van der Waals surface area contributed by atoms with E-state index in [-0.39, 0.29) is 6.04 Å². The molecule has 1 atom stereocenters. The molecule has 0 heterocycles. The molecule has 1 aromatic rings. The minimum absolute atomic E-state index is 0.244. The van der Waals surface area contributed by atoms with Gasteiger partial charge in [0.1, 0.15) is 0 Å². The lowest BCUT2D eigenvalue weighted by Gasteiger charge is -2.32. The van der Waals surface area contributed by atoms with Crippen LogP contribution in [-0.2, 0) is 0 Å². The first kappa shape index (κ1) is 14.1. The largest absolute Gasteiger partial charge is 0.298 e. The summed E-state index contributed by atoms with van der Waals surface area (Å²) in [5.74, 6) is 0.823. The Morgan fingerprint density at radius 3 is 2.53 bits per heavy atom. The zero-order valence-electron chi connectivity index (χ0n) is 11.9. The van der Waals surface area contributed by atoms with Gasteiger partial charge in [0.25, 0.3) is 0 Å². The van der Waals surface area contributed by atoms with Crippen molar-refractivity contribution >= 4 is 0 Å². The molecule has 1 aromatic carbocycles. The van der Waals surface area contributed by atoms with E-state index in [1.54, 1.807) is 0 Å². The van der Waals surface area contributed by atoms with Gasteiger partial charge in [0.15, 0.2) is 0 Å². The minimum atomic E-state index is 0.244. The molecular weight excluding hydrogens is 232 g/mol. The molecule has 1 fully saturated rings. The van der Waals surface area contributed by atoms with Gasteiger partial charge in [-0.2, -0.15) is 5.26 Å². The van der Waals surface area contributed by atoms with E-state index in [1.807, 2.05) is 6.07 Å². The van der Waals surface area contributed by atoms with Gasteiger partial charge in [-0.3, -0.25) is 4.90 Å². The molecule has 1 unspecified atom stereocenters. The third kappa shape index (κ3) is 4.08. The molecule has 0 N–H and O–H groups in total. The van der Waals surface area contributed by atoms with Crippen LogP contribution < -0.4 is 0 Å². The molecule has 0 saturated heterocycles. The molecule has 1 aliphatic rings. The maximum Gasteiger partial charge on any atom is 0.0641 e. The molecule has 2 heteroatoms. The van der Waals surface area contributed by atoms with E-state index in [0.29, 0.717) is 6.42 Å². The van der Waals surface area contributed by atoms with E-state index in [4.69, 9.17) is 5.26 Å². The predicted molar refractivity (Wildman–Crippen MR) is 78.6 cm³/mol. The zero-order valence-corrected chi connectivity index (χ0v) is 11.9. The van der Waals surface area contributed by atoms with Crippen molar-refractivity contribution < 1.29 is 0 Å². The van der Waals surface area contributed by atoms with Gasteiger partial charge < -0.3 is 0 Å². The van der Waals surface area contributed by atoms with Gasteiger partial charge >= 0.3 is 0 Å². The Morgan fingerprint density at radius 1 is 1.21 bits per heavy atom. The highest BCUT2D eigenvalue weighted by Crippen LogP contribution is 2.28. The Balaban J connectivity index is 2.00. The topological polar surface area (TPSA) is 27.0 Å². The van der Waals surface area contributed by atoms with Crippen molar-refractivity contribution in [2.45, 2.75) is 44.6 Å². The normalized spacial score (nSPS) is 18.2. The summed E-state index contributed by atoms with van der Waals surface area (Å²) in [6.07, 6.45) is 7.46. The first-order valence-corrected chi connectivity index (χ1v) is 7.43. The Bertz CT molecular complexity index is 401. The van der Waals surface area contributed by atoms with Crippen LogP contribution in [0.4, 0.5) is 0 Å². The molecule has 19 heavy (non-hydrogen) atoms. The second kappa shape index (κ2) is 7.31. The summed E-state index contributed by atoms with van der Waals surface area (Å²) in [6.45, 7) is 1.13. The summed E-state index contributed by atoms with van der Waals surface area (Å²) >= 11 is 0. The number of nitrogens with zero attached hydrogens (tertiary/aromatic N) is 2. The van der Waals surface area contributed by atoms with Crippen LogP contribution in [0.5, 0.6) is 0 Å². The van der Waals surface area contributed by atoms with Crippen molar-refractivity contribution in [2.75, 3.05) is 13.6 Å². The Labute approximate surface area is 117 Å². The monoisotopic (exact) mass is 256 g/mol. The maximum atomic E-state index is 9.08. The average molecular weight is 256 g/mol. The van der Waals surface area contributed by atoms with Crippen LogP contribution in [0.25, 0.3) is 0 Å². The fourth-order valence-electron chi connectivity index (χ4n) is 3.19. The van der Waals surface area contributed by atoms with Crippen molar-refractivity contribution in [1.29, 1.82) is 5.26 Å². The number of benzene rings is 1. The molecular formula is C17H24N2. The summed E-state index contributed by atoms with van der Waals surface area (Å²) in [7, 11) is 2.17.